The Morgan fingerprint density at radius 1 is 1.00 bits per heavy atom. The molecule has 2 heterocycles. The maximum absolute atomic E-state index is 6.38. The number of nitrogens with two attached hydrogens (primary N) is 1. The number of H-pyrrole nitrogens is 1. The number of nitrogens with one attached hydrogen (secondary N) is 1. The predicted octanol–water partition coefficient (Wildman–Crippen LogP) is 2.80. The highest BCUT2D eigenvalue weighted by Gasteiger charge is 2.30. The van der Waals surface area contributed by atoms with Crippen molar-refractivity contribution in [2.75, 3.05) is 17.2 Å². The van der Waals surface area contributed by atoms with Crippen LogP contribution in [0.2, 0.25) is 0 Å². The topological polar surface area (TPSA) is 43.4 Å². The zero-order valence-corrected chi connectivity index (χ0v) is 11.8. The van der Waals surface area contributed by atoms with Crippen LogP contribution in [0.1, 0.15) is 11.1 Å². The summed E-state index contributed by atoms with van der Waals surface area (Å²) in [5.74, 6) is 1.18. The van der Waals surface area contributed by atoms with Gasteiger partial charge < -0.3 is 5.73 Å². The van der Waals surface area contributed by atoms with Crippen LogP contribution >= 0.6 is 0 Å². The molecule has 3 heteroatoms. The van der Waals surface area contributed by atoms with Crippen LogP contribution in [0, 0.1) is 0 Å². The van der Waals surface area contributed by atoms with E-state index >= 15 is 0 Å². The highest BCUT2D eigenvalue weighted by molar-refractivity contribution is 5.91. The molecule has 2 aromatic carbocycles. The SMILES string of the molecule is Nc1c2c([nH+]c3ccccc13)N(Cc1ccccc1)CC2. The van der Waals surface area contributed by atoms with Gasteiger partial charge in [0.2, 0.25) is 0 Å². The molecule has 1 aromatic heterocycles. The second-order valence-corrected chi connectivity index (χ2v) is 5.57. The monoisotopic (exact) mass is 276 g/mol. The van der Waals surface area contributed by atoms with E-state index in [9.17, 15) is 0 Å². The van der Waals surface area contributed by atoms with Crippen molar-refractivity contribution in [1.82, 2.24) is 0 Å². The van der Waals surface area contributed by atoms with Gasteiger partial charge in [-0.2, -0.15) is 0 Å². The number of anilines is 2. The molecule has 0 spiro atoms. The Morgan fingerprint density at radius 2 is 1.76 bits per heavy atom. The highest BCUT2D eigenvalue weighted by Crippen LogP contribution is 2.33. The van der Waals surface area contributed by atoms with Crippen molar-refractivity contribution in [3.63, 3.8) is 0 Å². The zero-order chi connectivity index (χ0) is 14.2. The molecule has 0 unspecified atom stereocenters. The molecule has 3 aromatic rings. The normalized spacial score (nSPS) is 13.6. The van der Waals surface area contributed by atoms with Crippen LogP contribution in [0.15, 0.2) is 54.6 Å². The Kier molecular flexibility index (Phi) is 2.78. The van der Waals surface area contributed by atoms with Crippen LogP contribution < -0.4 is 15.6 Å². The summed E-state index contributed by atoms with van der Waals surface area (Å²) < 4.78 is 0. The Bertz CT molecular complexity index is 796. The van der Waals surface area contributed by atoms with Gasteiger partial charge in [0.05, 0.1) is 17.8 Å². The third-order valence-electron chi connectivity index (χ3n) is 4.25. The van der Waals surface area contributed by atoms with E-state index in [1.54, 1.807) is 0 Å². The summed E-state index contributed by atoms with van der Waals surface area (Å²) >= 11 is 0. The van der Waals surface area contributed by atoms with Gasteiger partial charge in [0.15, 0.2) is 0 Å². The van der Waals surface area contributed by atoms with Crippen LogP contribution in [0.25, 0.3) is 10.9 Å². The molecule has 0 radical (unpaired) electrons. The van der Waals surface area contributed by atoms with Gasteiger partial charge in [0.25, 0.3) is 5.82 Å². The summed E-state index contributed by atoms with van der Waals surface area (Å²) in [6, 6.07) is 18.8. The summed E-state index contributed by atoms with van der Waals surface area (Å²) in [5.41, 5.74) is 11.0. The number of para-hydroxylation sites is 1. The number of benzene rings is 2. The van der Waals surface area contributed by atoms with E-state index in [1.807, 2.05) is 12.1 Å². The summed E-state index contributed by atoms with van der Waals surface area (Å²) in [6.45, 7) is 1.93. The number of rotatable bonds is 2. The van der Waals surface area contributed by atoms with E-state index in [2.05, 4.69) is 52.3 Å². The first kappa shape index (κ1) is 12.2. The Morgan fingerprint density at radius 3 is 2.62 bits per heavy atom. The molecule has 3 N–H and O–H groups in total. The van der Waals surface area contributed by atoms with Gasteiger partial charge in [0.1, 0.15) is 12.1 Å². The Hall–Kier alpha value is -2.55. The lowest BCUT2D eigenvalue weighted by atomic mass is 10.1. The van der Waals surface area contributed by atoms with Crippen molar-refractivity contribution < 1.29 is 4.98 Å². The standard InChI is InChI=1S/C18H17N3/c19-17-14-8-4-5-9-16(14)20-18-15(17)10-11-21(18)12-13-6-2-1-3-7-13/h1-9H,10-12H2,(H2,19,20)/p+1. The second kappa shape index (κ2) is 4.77. The number of nitrogen functional groups attached to an aromatic ring is 1. The lowest BCUT2D eigenvalue weighted by molar-refractivity contribution is -0.330. The number of aromatic nitrogens is 1. The average molecular weight is 276 g/mol. The first-order valence-corrected chi connectivity index (χ1v) is 7.34. The molecule has 21 heavy (non-hydrogen) atoms. The smallest absolute Gasteiger partial charge is 0.280 e. The van der Waals surface area contributed by atoms with E-state index in [4.69, 9.17) is 5.73 Å². The van der Waals surface area contributed by atoms with Crippen molar-refractivity contribution in [3.05, 3.63) is 65.7 Å². The van der Waals surface area contributed by atoms with Crippen LogP contribution in [0.4, 0.5) is 11.5 Å². The Labute approximate surface area is 124 Å². The van der Waals surface area contributed by atoms with Crippen LogP contribution in [-0.2, 0) is 13.0 Å². The van der Waals surface area contributed by atoms with E-state index < -0.39 is 0 Å². The fourth-order valence-corrected chi connectivity index (χ4v) is 3.16. The molecular weight excluding hydrogens is 258 g/mol. The summed E-state index contributed by atoms with van der Waals surface area (Å²) in [4.78, 5) is 5.95. The van der Waals surface area contributed by atoms with Crippen molar-refractivity contribution in [1.29, 1.82) is 0 Å². The lowest BCUT2D eigenvalue weighted by Crippen LogP contribution is -2.26. The molecule has 0 fully saturated rings. The Balaban J connectivity index is 1.78. The van der Waals surface area contributed by atoms with Crippen molar-refractivity contribution in [2.45, 2.75) is 13.0 Å². The highest BCUT2D eigenvalue weighted by atomic mass is 15.2. The van der Waals surface area contributed by atoms with Crippen molar-refractivity contribution in [3.8, 4) is 0 Å². The van der Waals surface area contributed by atoms with Crippen molar-refractivity contribution >= 4 is 22.4 Å². The number of pyridine rings is 1. The molecule has 0 saturated heterocycles. The molecule has 0 atom stereocenters. The van der Waals surface area contributed by atoms with Gasteiger partial charge in [-0.15, -0.1) is 0 Å². The molecule has 1 aliphatic heterocycles. The minimum absolute atomic E-state index is 0.919. The van der Waals surface area contributed by atoms with E-state index in [0.29, 0.717) is 0 Å². The van der Waals surface area contributed by atoms with Crippen molar-refractivity contribution in [2.24, 2.45) is 0 Å². The van der Waals surface area contributed by atoms with E-state index in [0.717, 1.165) is 36.1 Å². The number of aromatic amines is 1. The van der Waals surface area contributed by atoms with Gasteiger partial charge in [-0.3, -0.25) is 4.90 Å². The first-order valence-electron chi connectivity index (χ1n) is 7.34. The molecule has 1 aliphatic rings. The van der Waals surface area contributed by atoms with E-state index in [1.165, 1.54) is 16.9 Å². The molecular formula is C18H18N3+. The maximum atomic E-state index is 6.38. The molecule has 0 aliphatic carbocycles. The number of fused-ring (bicyclic) bond motifs is 2. The fourth-order valence-electron chi connectivity index (χ4n) is 3.16. The van der Waals surface area contributed by atoms with Crippen LogP contribution in [0.5, 0.6) is 0 Å². The van der Waals surface area contributed by atoms with E-state index in [-0.39, 0.29) is 0 Å². The van der Waals surface area contributed by atoms with Crippen LogP contribution in [0.3, 0.4) is 0 Å². The quantitative estimate of drug-likeness (QED) is 0.782. The fraction of sp³-hybridized carbons (Fsp3) is 0.167. The summed E-state index contributed by atoms with van der Waals surface area (Å²) in [6.07, 6.45) is 1.01. The van der Waals surface area contributed by atoms with Gasteiger partial charge >= 0.3 is 0 Å². The van der Waals surface area contributed by atoms with Gasteiger partial charge in [-0.25, -0.2) is 4.98 Å². The second-order valence-electron chi connectivity index (χ2n) is 5.57. The minimum atomic E-state index is 0.919. The van der Waals surface area contributed by atoms with Gasteiger partial charge in [-0.1, -0.05) is 42.5 Å². The molecule has 0 bridgehead atoms. The molecule has 0 amide bonds. The number of nitrogens with zero attached hydrogens (tertiary/aromatic N) is 1. The first-order chi connectivity index (χ1) is 10.3. The maximum Gasteiger partial charge on any atom is 0.280 e. The molecule has 0 saturated carbocycles. The third-order valence-corrected chi connectivity index (χ3v) is 4.25. The summed E-state index contributed by atoms with van der Waals surface area (Å²) in [7, 11) is 0. The van der Waals surface area contributed by atoms with Gasteiger partial charge in [0, 0.05) is 11.8 Å². The molecule has 3 nitrogen and oxygen atoms in total. The van der Waals surface area contributed by atoms with Gasteiger partial charge in [-0.05, 0) is 17.7 Å². The minimum Gasteiger partial charge on any atom is -0.398 e. The number of hydrogen-bond donors (Lipinski definition) is 1. The predicted molar refractivity (Wildman–Crippen MR) is 86.1 cm³/mol. The van der Waals surface area contributed by atoms with Crippen LogP contribution in [-0.4, -0.2) is 6.54 Å². The average Bonchev–Trinajstić information content (AvgIpc) is 2.92. The largest absolute Gasteiger partial charge is 0.398 e. The lowest BCUT2D eigenvalue weighted by Gasteiger charge is -2.12. The third kappa shape index (κ3) is 2.02. The summed E-state index contributed by atoms with van der Waals surface area (Å²) in [5, 5.41) is 1.12. The number of hydrogen-bond acceptors (Lipinski definition) is 2. The molecule has 104 valence electrons. The zero-order valence-electron chi connectivity index (χ0n) is 11.8. The molecule has 4 rings (SSSR count).